The quantitative estimate of drug-likeness (QED) is 0.482. The van der Waals surface area contributed by atoms with Gasteiger partial charge >= 0.3 is 0 Å². The number of benzene rings is 2. The fourth-order valence-corrected chi connectivity index (χ4v) is 6.25. The first-order valence-corrected chi connectivity index (χ1v) is 13.0. The monoisotopic (exact) mass is 525 g/mol. The van der Waals surface area contributed by atoms with Gasteiger partial charge in [0, 0.05) is 36.8 Å². The molecule has 3 heterocycles. The van der Waals surface area contributed by atoms with Gasteiger partial charge in [-0.1, -0.05) is 41.8 Å². The largest absolute Gasteiger partial charge is 0.308 e. The van der Waals surface area contributed by atoms with Crippen LogP contribution >= 0.6 is 23.2 Å². The fourth-order valence-electron chi connectivity index (χ4n) is 5.77. The lowest BCUT2D eigenvalue weighted by molar-refractivity contribution is 0.0807. The number of hydrogen-bond donors (Lipinski definition) is 2. The average molecular weight is 526 g/mol. The minimum Gasteiger partial charge on any atom is -0.308 e. The Hall–Kier alpha value is -2.71. The van der Waals surface area contributed by atoms with Crippen molar-refractivity contribution < 1.29 is 9.18 Å². The van der Waals surface area contributed by atoms with Gasteiger partial charge in [0.1, 0.15) is 5.82 Å². The number of aromatic nitrogens is 2. The zero-order chi connectivity index (χ0) is 24.8. The molecule has 1 aromatic heterocycles. The van der Waals surface area contributed by atoms with E-state index in [0.29, 0.717) is 46.4 Å². The third kappa shape index (κ3) is 4.45. The lowest BCUT2D eigenvalue weighted by atomic mass is 9.99. The molecule has 6 nitrogen and oxygen atoms in total. The molecule has 1 aliphatic carbocycles. The standard InChI is InChI=1S/C27H26Cl2FN5O/c28-20-6-9-24(23(29)11-20)35-26-19(10-16-4-7-21(30)8-5-16)12-31-13-22(26)25(32-35)27(36)33-34-14-17-2-1-3-18(17)15-34/h4-11,17-18,31H,1-3,12-15H2,(H,33,36). The Balaban J connectivity index is 1.41. The summed E-state index contributed by atoms with van der Waals surface area (Å²) in [6.07, 6.45) is 5.73. The van der Waals surface area contributed by atoms with Crippen molar-refractivity contribution in [3.05, 3.63) is 80.8 Å². The van der Waals surface area contributed by atoms with Crippen molar-refractivity contribution in [2.45, 2.75) is 25.8 Å². The van der Waals surface area contributed by atoms with Crippen LogP contribution in [-0.4, -0.2) is 40.3 Å². The van der Waals surface area contributed by atoms with Gasteiger partial charge in [-0.05, 0) is 72.2 Å². The molecule has 2 aromatic carbocycles. The zero-order valence-electron chi connectivity index (χ0n) is 19.6. The number of nitrogens with one attached hydrogen (secondary N) is 2. The van der Waals surface area contributed by atoms with Crippen LogP contribution in [0, 0.1) is 17.7 Å². The molecule has 3 aromatic rings. The van der Waals surface area contributed by atoms with Crippen molar-refractivity contribution >= 4 is 40.8 Å². The first-order chi connectivity index (χ1) is 17.5. The lowest BCUT2D eigenvalue weighted by Gasteiger charge is -2.21. The van der Waals surface area contributed by atoms with Gasteiger partial charge in [0.25, 0.3) is 5.91 Å². The van der Waals surface area contributed by atoms with Crippen LogP contribution in [0.3, 0.4) is 0 Å². The Morgan fingerprint density at radius 1 is 1.08 bits per heavy atom. The van der Waals surface area contributed by atoms with Crippen LogP contribution in [0.4, 0.5) is 4.39 Å². The van der Waals surface area contributed by atoms with Gasteiger partial charge in [-0.15, -0.1) is 0 Å². The van der Waals surface area contributed by atoms with Crippen LogP contribution in [0.2, 0.25) is 10.0 Å². The number of halogens is 3. The summed E-state index contributed by atoms with van der Waals surface area (Å²) >= 11 is 12.7. The van der Waals surface area contributed by atoms with E-state index in [9.17, 15) is 9.18 Å². The van der Waals surface area contributed by atoms with Crippen LogP contribution < -0.4 is 10.7 Å². The first kappa shape index (κ1) is 23.7. The number of carbonyl (C=O) groups is 1. The number of amides is 1. The van der Waals surface area contributed by atoms with Gasteiger partial charge in [-0.25, -0.2) is 14.1 Å². The molecule has 1 saturated carbocycles. The normalized spacial score (nSPS) is 22.6. The minimum atomic E-state index is -0.289. The molecular weight excluding hydrogens is 500 g/mol. The summed E-state index contributed by atoms with van der Waals surface area (Å²) < 4.78 is 15.2. The Bertz CT molecular complexity index is 1340. The minimum absolute atomic E-state index is 0.222. The number of fused-ring (bicyclic) bond motifs is 2. The highest BCUT2D eigenvalue weighted by Gasteiger charge is 2.37. The third-order valence-electron chi connectivity index (χ3n) is 7.45. The Labute approximate surface area is 219 Å². The SMILES string of the molecule is O=C(NN1CC2CCCC2C1)c1nn(-c2ccc(Cl)cc2Cl)c2c1CNCC2=Cc1ccc(F)cc1. The van der Waals surface area contributed by atoms with Gasteiger partial charge in [0.15, 0.2) is 5.69 Å². The summed E-state index contributed by atoms with van der Waals surface area (Å²) in [5.74, 6) is 0.815. The van der Waals surface area contributed by atoms with Gasteiger partial charge in [-0.3, -0.25) is 10.2 Å². The summed E-state index contributed by atoms with van der Waals surface area (Å²) in [6, 6.07) is 11.5. The molecule has 2 atom stereocenters. The molecule has 6 rings (SSSR count). The summed E-state index contributed by atoms with van der Waals surface area (Å²) in [5, 5.41) is 11.2. The van der Waals surface area contributed by atoms with Crippen LogP contribution in [0.1, 0.15) is 46.6 Å². The molecule has 0 radical (unpaired) electrons. The van der Waals surface area contributed by atoms with Crippen molar-refractivity contribution in [1.82, 2.24) is 25.5 Å². The van der Waals surface area contributed by atoms with Crippen LogP contribution in [-0.2, 0) is 6.54 Å². The maximum atomic E-state index is 13.5. The van der Waals surface area contributed by atoms with Crippen LogP contribution in [0.15, 0.2) is 42.5 Å². The van der Waals surface area contributed by atoms with Crippen molar-refractivity contribution in [2.75, 3.05) is 19.6 Å². The smallest absolute Gasteiger partial charge is 0.286 e. The molecule has 9 heteroatoms. The van der Waals surface area contributed by atoms with E-state index in [2.05, 4.69) is 10.7 Å². The highest BCUT2D eigenvalue weighted by Crippen LogP contribution is 2.37. The number of nitrogens with zero attached hydrogens (tertiary/aromatic N) is 3. The molecule has 2 fully saturated rings. The molecule has 0 bridgehead atoms. The summed E-state index contributed by atoms with van der Waals surface area (Å²) in [6.45, 7) is 2.83. The lowest BCUT2D eigenvalue weighted by Crippen LogP contribution is -2.41. The second-order valence-corrected chi connectivity index (χ2v) is 10.6. The molecule has 1 amide bonds. The van der Waals surface area contributed by atoms with E-state index in [1.54, 1.807) is 35.0 Å². The summed E-state index contributed by atoms with van der Waals surface area (Å²) in [7, 11) is 0. The van der Waals surface area contributed by atoms with Gasteiger partial charge in [0.2, 0.25) is 0 Å². The Morgan fingerprint density at radius 2 is 1.83 bits per heavy atom. The molecule has 36 heavy (non-hydrogen) atoms. The molecule has 2 aliphatic heterocycles. The van der Waals surface area contributed by atoms with E-state index in [0.717, 1.165) is 35.5 Å². The van der Waals surface area contributed by atoms with E-state index in [1.165, 1.54) is 31.4 Å². The topological polar surface area (TPSA) is 62.2 Å². The summed E-state index contributed by atoms with van der Waals surface area (Å²) in [4.78, 5) is 13.5. The molecule has 2 N–H and O–H groups in total. The highest BCUT2D eigenvalue weighted by molar-refractivity contribution is 6.35. The number of rotatable bonds is 4. The zero-order valence-corrected chi connectivity index (χ0v) is 21.1. The van der Waals surface area contributed by atoms with Crippen LogP contribution in [0.5, 0.6) is 0 Å². The summed E-state index contributed by atoms with van der Waals surface area (Å²) in [5.41, 5.74) is 7.51. The Kier molecular flexibility index (Phi) is 6.33. The molecule has 1 saturated heterocycles. The van der Waals surface area contributed by atoms with Gasteiger partial charge < -0.3 is 5.32 Å². The maximum Gasteiger partial charge on any atom is 0.286 e. The van der Waals surface area contributed by atoms with Gasteiger partial charge in [-0.2, -0.15) is 5.10 Å². The van der Waals surface area contributed by atoms with E-state index >= 15 is 0 Å². The molecule has 186 valence electrons. The molecule has 2 unspecified atom stereocenters. The van der Waals surface area contributed by atoms with Gasteiger partial charge in [0.05, 0.1) is 16.4 Å². The van der Waals surface area contributed by atoms with Crippen LogP contribution in [0.25, 0.3) is 17.3 Å². The van der Waals surface area contributed by atoms with E-state index in [1.807, 2.05) is 11.1 Å². The van der Waals surface area contributed by atoms with Crippen molar-refractivity contribution in [2.24, 2.45) is 11.8 Å². The maximum absolute atomic E-state index is 13.5. The second kappa shape index (κ2) is 9.63. The van der Waals surface area contributed by atoms with Crippen molar-refractivity contribution in [3.8, 4) is 5.69 Å². The number of hydrazine groups is 1. The number of hydrogen-bond acceptors (Lipinski definition) is 4. The number of carbonyl (C=O) groups excluding carboxylic acids is 1. The fraction of sp³-hybridized carbons (Fsp3) is 0.333. The predicted octanol–water partition coefficient (Wildman–Crippen LogP) is 5.34. The van der Waals surface area contributed by atoms with Crippen molar-refractivity contribution in [3.63, 3.8) is 0 Å². The average Bonchev–Trinajstić information content (AvgIpc) is 3.55. The Morgan fingerprint density at radius 3 is 2.56 bits per heavy atom. The predicted molar refractivity (Wildman–Crippen MR) is 139 cm³/mol. The third-order valence-corrected chi connectivity index (χ3v) is 7.99. The molecule has 0 spiro atoms. The molecular formula is C27H26Cl2FN5O. The highest BCUT2D eigenvalue weighted by atomic mass is 35.5. The van der Waals surface area contributed by atoms with E-state index in [4.69, 9.17) is 28.3 Å². The first-order valence-electron chi connectivity index (χ1n) is 12.3. The second-order valence-electron chi connectivity index (χ2n) is 9.80. The van der Waals surface area contributed by atoms with Crippen molar-refractivity contribution in [1.29, 1.82) is 0 Å². The van der Waals surface area contributed by atoms with E-state index in [-0.39, 0.29) is 11.7 Å². The molecule has 3 aliphatic rings. The van der Waals surface area contributed by atoms with E-state index < -0.39 is 0 Å².